The van der Waals surface area contributed by atoms with E-state index < -0.39 is 5.54 Å². The number of aliphatic hydroxyl groups excluding tert-OH is 1. The molecule has 4 nitrogen and oxygen atoms in total. The van der Waals surface area contributed by atoms with Gasteiger partial charge in [0.15, 0.2) is 0 Å². The lowest BCUT2D eigenvalue weighted by Crippen LogP contribution is -2.45. The number of nitrogens with one attached hydrogen (secondary N) is 1. The molecule has 0 atom stereocenters. The molecule has 22 heavy (non-hydrogen) atoms. The highest BCUT2D eigenvalue weighted by Gasteiger charge is 2.18. The molecular formula is C18H25NO3. The van der Waals surface area contributed by atoms with Crippen LogP contribution in [0, 0.1) is 0 Å². The van der Waals surface area contributed by atoms with Crippen molar-refractivity contribution in [2.24, 2.45) is 0 Å². The highest BCUT2D eigenvalue weighted by Crippen LogP contribution is 2.24. The third-order valence-electron chi connectivity index (χ3n) is 3.75. The van der Waals surface area contributed by atoms with Crippen LogP contribution in [0.15, 0.2) is 30.3 Å². The fraction of sp³-hybridized carbons (Fsp3) is 0.500. The molecule has 0 radical (unpaired) electrons. The Morgan fingerprint density at radius 2 is 2.14 bits per heavy atom. The number of rotatable bonds is 6. The molecule has 1 fully saturated rings. The molecule has 1 aliphatic carbocycles. The van der Waals surface area contributed by atoms with Crippen molar-refractivity contribution in [3.8, 4) is 5.75 Å². The Morgan fingerprint density at radius 1 is 1.41 bits per heavy atom. The normalized spacial score (nSPS) is 16.1. The van der Waals surface area contributed by atoms with Crippen molar-refractivity contribution in [3.63, 3.8) is 0 Å². The summed E-state index contributed by atoms with van der Waals surface area (Å²) in [6.45, 7) is 3.45. The van der Waals surface area contributed by atoms with Crippen molar-refractivity contribution in [1.29, 1.82) is 0 Å². The van der Waals surface area contributed by atoms with Gasteiger partial charge in [-0.15, -0.1) is 0 Å². The van der Waals surface area contributed by atoms with Crippen LogP contribution in [-0.4, -0.2) is 29.3 Å². The molecule has 0 unspecified atom stereocenters. The average Bonchev–Trinajstić information content (AvgIpc) is 2.98. The van der Waals surface area contributed by atoms with Gasteiger partial charge in [0, 0.05) is 6.08 Å². The number of carbonyl (C=O) groups is 1. The van der Waals surface area contributed by atoms with Gasteiger partial charge in [-0.05, 0) is 63.3 Å². The summed E-state index contributed by atoms with van der Waals surface area (Å²) in [5.41, 5.74) is 0.307. The minimum atomic E-state index is -0.616. The summed E-state index contributed by atoms with van der Waals surface area (Å²) < 4.78 is 5.95. The Kier molecular flexibility index (Phi) is 5.61. The van der Waals surface area contributed by atoms with Crippen LogP contribution in [0.1, 0.15) is 45.1 Å². The van der Waals surface area contributed by atoms with Gasteiger partial charge in [0.1, 0.15) is 5.75 Å². The molecule has 1 saturated carbocycles. The fourth-order valence-electron chi connectivity index (χ4n) is 2.48. The van der Waals surface area contributed by atoms with Crippen LogP contribution in [0.4, 0.5) is 0 Å². The third kappa shape index (κ3) is 5.19. The summed E-state index contributed by atoms with van der Waals surface area (Å²) in [5, 5.41) is 11.9. The molecular weight excluding hydrogens is 278 g/mol. The van der Waals surface area contributed by atoms with E-state index in [1.165, 1.54) is 18.9 Å². The average molecular weight is 303 g/mol. The van der Waals surface area contributed by atoms with Crippen LogP contribution in [0.25, 0.3) is 6.08 Å². The lowest BCUT2D eigenvalue weighted by molar-refractivity contribution is -0.118. The zero-order valence-corrected chi connectivity index (χ0v) is 13.3. The van der Waals surface area contributed by atoms with Gasteiger partial charge in [0.05, 0.1) is 18.2 Å². The number of amides is 1. The lowest BCUT2D eigenvalue weighted by atomic mass is 10.1. The summed E-state index contributed by atoms with van der Waals surface area (Å²) >= 11 is 0. The molecule has 0 aliphatic heterocycles. The topological polar surface area (TPSA) is 58.6 Å². The molecule has 4 heteroatoms. The first-order valence-corrected chi connectivity index (χ1v) is 7.86. The smallest absolute Gasteiger partial charge is 0.244 e. The lowest BCUT2D eigenvalue weighted by Gasteiger charge is -2.22. The molecule has 1 aromatic rings. The van der Waals surface area contributed by atoms with Crippen molar-refractivity contribution in [2.45, 2.75) is 51.2 Å². The number of carbonyl (C=O) groups excluding carboxylic acids is 1. The summed E-state index contributed by atoms with van der Waals surface area (Å²) in [5.74, 6) is 0.631. The maximum Gasteiger partial charge on any atom is 0.244 e. The molecule has 0 heterocycles. The molecule has 2 rings (SSSR count). The Bertz CT molecular complexity index is 531. The monoisotopic (exact) mass is 303 g/mol. The standard InChI is InChI=1S/C18H25NO3/c1-18(2,13-20)19-17(21)11-10-14-6-5-9-16(12-14)22-15-7-3-4-8-15/h5-6,9-12,15,20H,3-4,7-8,13H2,1-2H3,(H,19,21)/b11-10+. The van der Waals surface area contributed by atoms with Gasteiger partial charge in [-0.1, -0.05) is 12.1 Å². The second-order valence-electron chi connectivity index (χ2n) is 6.46. The van der Waals surface area contributed by atoms with E-state index in [9.17, 15) is 4.79 Å². The fourth-order valence-corrected chi connectivity index (χ4v) is 2.48. The van der Waals surface area contributed by atoms with E-state index >= 15 is 0 Å². The molecule has 1 aromatic carbocycles. The molecule has 1 aliphatic rings. The van der Waals surface area contributed by atoms with E-state index in [1.807, 2.05) is 24.3 Å². The molecule has 120 valence electrons. The number of aliphatic hydroxyl groups is 1. The van der Waals surface area contributed by atoms with Gasteiger partial charge < -0.3 is 15.2 Å². The summed E-state index contributed by atoms with van der Waals surface area (Å²) in [6, 6.07) is 7.76. The summed E-state index contributed by atoms with van der Waals surface area (Å²) in [4.78, 5) is 11.8. The van der Waals surface area contributed by atoms with Crippen molar-refractivity contribution >= 4 is 12.0 Å². The zero-order valence-electron chi connectivity index (χ0n) is 13.3. The van der Waals surface area contributed by atoms with E-state index in [0.29, 0.717) is 6.10 Å². The van der Waals surface area contributed by atoms with Gasteiger partial charge in [-0.25, -0.2) is 0 Å². The summed E-state index contributed by atoms with van der Waals surface area (Å²) in [7, 11) is 0. The third-order valence-corrected chi connectivity index (χ3v) is 3.75. The Labute approximate surface area is 132 Å². The van der Waals surface area contributed by atoms with E-state index in [2.05, 4.69) is 5.32 Å². The van der Waals surface area contributed by atoms with Gasteiger partial charge in [0.25, 0.3) is 0 Å². The quantitative estimate of drug-likeness (QED) is 0.794. The molecule has 2 N–H and O–H groups in total. The van der Waals surface area contributed by atoms with Gasteiger partial charge in [0.2, 0.25) is 5.91 Å². The van der Waals surface area contributed by atoms with Crippen molar-refractivity contribution in [3.05, 3.63) is 35.9 Å². The number of benzene rings is 1. The second kappa shape index (κ2) is 7.45. The largest absolute Gasteiger partial charge is 0.490 e. The van der Waals surface area contributed by atoms with Crippen LogP contribution >= 0.6 is 0 Å². The van der Waals surface area contributed by atoms with Crippen molar-refractivity contribution < 1.29 is 14.6 Å². The number of hydrogen-bond donors (Lipinski definition) is 2. The van der Waals surface area contributed by atoms with Crippen molar-refractivity contribution in [1.82, 2.24) is 5.32 Å². The molecule has 0 saturated heterocycles. The minimum absolute atomic E-state index is 0.0999. The van der Waals surface area contributed by atoms with E-state index in [0.717, 1.165) is 24.2 Å². The van der Waals surface area contributed by atoms with E-state index in [1.54, 1.807) is 19.9 Å². The van der Waals surface area contributed by atoms with E-state index in [-0.39, 0.29) is 12.5 Å². The maximum atomic E-state index is 11.8. The van der Waals surface area contributed by atoms with Gasteiger partial charge in [-0.2, -0.15) is 0 Å². The van der Waals surface area contributed by atoms with E-state index in [4.69, 9.17) is 9.84 Å². The van der Waals surface area contributed by atoms with Gasteiger partial charge >= 0.3 is 0 Å². The predicted molar refractivity (Wildman–Crippen MR) is 87.7 cm³/mol. The second-order valence-corrected chi connectivity index (χ2v) is 6.46. The molecule has 0 spiro atoms. The van der Waals surface area contributed by atoms with Crippen LogP contribution in [-0.2, 0) is 4.79 Å². The molecule has 1 amide bonds. The highest BCUT2D eigenvalue weighted by molar-refractivity contribution is 5.92. The molecule has 0 aromatic heterocycles. The molecule has 0 bridgehead atoms. The van der Waals surface area contributed by atoms with Crippen molar-refractivity contribution in [2.75, 3.05) is 6.61 Å². The predicted octanol–water partition coefficient (Wildman–Crippen LogP) is 2.91. The van der Waals surface area contributed by atoms with Crippen LogP contribution < -0.4 is 10.1 Å². The Hall–Kier alpha value is -1.81. The zero-order chi connectivity index (χ0) is 16.0. The first-order valence-electron chi connectivity index (χ1n) is 7.86. The SMILES string of the molecule is CC(C)(CO)NC(=O)/C=C/c1cccc(OC2CCCC2)c1. The van der Waals surface area contributed by atoms with Crippen LogP contribution in [0.2, 0.25) is 0 Å². The summed E-state index contributed by atoms with van der Waals surface area (Å²) in [6.07, 6.45) is 8.29. The van der Waals surface area contributed by atoms with Crippen LogP contribution in [0.5, 0.6) is 5.75 Å². The highest BCUT2D eigenvalue weighted by atomic mass is 16.5. The minimum Gasteiger partial charge on any atom is -0.490 e. The number of hydrogen-bond acceptors (Lipinski definition) is 3. The van der Waals surface area contributed by atoms with Gasteiger partial charge in [-0.3, -0.25) is 4.79 Å². The first kappa shape index (κ1) is 16.6. The Morgan fingerprint density at radius 3 is 2.82 bits per heavy atom. The maximum absolute atomic E-state index is 11.8. The Balaban J connectivity index is 1.94. The number of ether oxygens (including phenoxy) is 1. The van der Waals surface area contributed by atoms with Crippen LogP contribution in [0.3, 0.4) is 0 Å². The first-order chi connectivity index (χ1) is 10.5.